The predicted octanol–water partition coefficient (Wildman–Crippen LogP) is 0.126. The number of carbonyl (C=O) groups excluding carboxylic acids is 3. The summed E-state index contributed by atoms with van der Waals surface area (Å²) in [6.45, 7) is 4.91. The first-order valence-corrected chi connectivity index (χ1v) is 5.00. The molecule has 0 aromatic rings. The van der Waals surface area contributed by atoms with Crippen LogP contribution in [0.1, 0.15) is 20.8 Å². The number of barbiturate groups is 1. The zero-order valence-electron chi connectivity index (χ0n) is 9.86. The molecule has 0 radical (unpaired) electrons. The van der Waals surface area contributed by atoms with Crippen molar-refractivity contribution in [3.05, 3.63) is 0 Å². The Hall–Kier alpha value is -1.43. The minimum atomic E-state index is -1.21. The number of imide groups is 2. The quantitative estimate of drug-likeness (QED) is 0.696. The van der Waals surface area contributed by atoms with Gasteiger partial charge in [0.1, 0.15) is 5.41 Å². The molecule has 1 fully saturated rings. The van der Waals surface area contributed by atoms with Gasteiger partial charge in [0.05, 0.1) is 12.6 Å². The van der Waals surface area contributed by atoms with Crippen molar-refractivity contribution >= 4 is 17.8 Å². The highest BCUT2D eigenvalue weighted by Crippen LogP contribution is 2.24. The molecule has 6 heteroatoms. The molecule has 1 rings (SSSR count). The smallest absolute Gasteiger partial charge is 0.331 e. The maximum atomic E-state index is 12.0. The minimum Gasteiger partial charge on any atom is -0.383 e. The number of hydrogen-bond acceptors (Lipinski definition) is 4. The number of urea groups is 1. The zero-order chi connectivity index (χ0) is 12.5. The van der Waals surface area contributed by atoms with Gasteiger partial charge in [0, 0.05) is 7.11 Å². The van der Waals surface area contributed by atoms with E-state index in [1.54, 1.807) is 6.92 Å². The summed E-state index contributed by atoms with van der Waals surface area (Å²) in [5.41, 5.74) is -1.21. The standard InChI is InChI=1S/C10H16N2O4/c1-6(5-16-4)12-8(14)10(2,3)7(13)11-9(12)15/h6H,5H2,1-4H3,(H,11,13,15). The number of carbonyl (C=O) groups is 3. The van der Waals surface area contributed by atoms with Gasteiger partial charge in [-0.25, -0.2) is 4.79 Å². The molecule has 0 bridgehead atoms. The van der Waals surface area contributed by atoms with Gasteiger partial charge in [-0.05, 0) is 20.8 Å². The summed E-state index contributed by atoms with van der Waals surface area (Å²) in [4.78, 5) is 36.0. The van der Waals surface area contributed by atoms with Crippen LogP contribution in [0.25, 0.3) is 0 Å². The van der Waals surface area contributed by atoms with Crippen molar-refractivity contribution in [1.82, 2.24) is 10.2 Å². The first kappa shape index (κ1) is 12.6. The number of methoxy groups -OCH3 is 1. The molecule has 1 saturated heterocycles. The second-order valence-electron chi connectivity index (χ2n) is 4.36. The lowest BCUT2D eigenvalue weighted by atomic mass is 9.88. The molecule has 1 aliphatic heterocycles. The van der Waals surface area contributed by atoms with E-state index in [2.05, 4.69) is 5.32 Å². The molecule has 0 aliphatic carbocycles. The van der Waals surface area contributed by atoms with Gasteiger partial charge in [-0.1, -0.05) is 0 Å². The largest absolute Gasteiger partial charge is 0.383 e. The molecule has 0 saturated carbocycles. The molecule has 6 nitrogen and oxygen atoms in total. The first-order valence-electron chi connectivity index (χ1n) is 5.00. The van der Waals surface area contributed by atoms with Crippen LogP contribution in [0, 0.1) is 5.41 Å². The van der Waals surface area contributed by atoms with Gasteiger partial charge in [0.15, 0.2) is 0 Å². The van der Waals surface area contributed by atoms with Gasteiger partial charge in [-0.15, -0.1) is 0 Å². The Morgan fingerprint density at radius 2 is 1.94 bits per heavy atom. The maximum absolute atomic E-state index is 12.0. The second-order valence-corrected chi connectivity index (χ2v) is 4.36. The molecule has 16 heavy (non-hydrogen) atoms. The summed E-state index contributed by atoms with van der Waals surface area (Å²) >= 11 is 0. The van der Waals surface area contributed by atoms with Crippen molar-refractivity contribution in [2.24, 2.45) is 5.41 Å². The lowest BCUT2D eigenvalue weighted by Gasteiger charge is -2.37. The van der Waals surface area contributed by atoms with Gasteiger partial charge < -0.3 is 4.74 Å². The van der Waals surface area contributed by atoms with Gasteiger partial charge >= 0.3 is 6.03 Å². The summed E-state index contributed by atoms with van der Waals surface area (Å²) in [6, 6.07) is -1.08. The molecule has 0 aromatic carbocycles. The summed E-state index contributed by atoms with van der Waals surface area (Å²) in [5.74, 6) is -1.06. The van der Waals surface area contributed by atoms with Crippen LogP contribution in [0.3, 0.4) is 0 Å². The SMILES string of the molecule is COCC(C)N1C(=O)NC(=O)C(C)(C)C1=O. The predicted molar refractivity (Wildman–Crippen MR) is 55.5 cm³/mol. The van der Waals surface area contributed by atoms with Gasteiger partial charge in [-0.2, -0.15) is 0 Å². The lowest BCUT2D eigenvalue weighted by molar-refractivity contribution is -0.150. The fourth-order valence-corrected chi connectivity index (χ4v) is 1.52. The number of ether oxygens (including phenoxy) is 1. The lowest BCUT2D eigenvalue weighted by Crippen LogP contribution is -2.64. The van der Waals surface area contributed by atoms with E-state index >= 15 is 0 Å². The Bertz CT molecular complexity index is 338. The highest BCUT2D eigenvalue weighted by Gasteiger charge is 2.48. The number of nitrogens with zero attached hydrogens (tertiary/aromatic N) is 1. The number of rotatable bonds is 3. The summed E-state index contributed by atoms with van der Waals surface area (Å²) in [5, 5.41) is 2.16. The van der Waals surface area contributed by atoms with Gasteiger partial charge in [-0.3, -0.25) is 19.8 Å². The van der Waals surface area contributed by atoms with Crippen molar-refractivity contribution in [2.45, 2.75) is 26.8 Å². The third kappa shape index (κ3) is 1.92. The van der Waals surface area contributed by atoms with E-state index in [9.17, 15) is 14.4 Å². The van der Waals surface area contributed by atoms with Gasteiger partial charge in [0.2, 0.25) is 11.8 Å². The molecule has 1 aliphatic rings. The average molecular weight is 228 g/mol. The zero-order valence-corrected chi connectivity index (χ0v) is 9.86. The van der Waals surface area contributed by atoms with E-state index < -0.39 is 29.3 Å². The fourth-order valence-electron chi connectivity index (χ4n) is 1.52. The van der Waals surface area contributed by atoms with Crippen LogP contribution < -0.4 is 5.32 Å². The maximum Gasteiger partial charge on any atom is 0.331 e. The molecule has 0 spiro atoms. The van der Waals surface area contributed by atoms with E-state index in [0.717, 1.165) is 4.90 Å². The van der Waals surface area contributed by atoms with Crippen LogP contribution in [-0.4, -0.2) is 42.5 Å². The van der Waals surface area contributed by atoms with Crippen LogP contribution >= 0.6 is 0 Å². The molecule has 4 amide bonds. The van der Waals surface area contributed by atoms with E-state index in [0.29, 0.717) is 0 Å². The molecule has 0 aromatic heterocycles. The number of nitrogens with one attached hydrogen (secondary N) is 1. The summed E-state index contributed by atoms with van der Waals surface area (Å²) in [6.07, 6.45) is 0. The normalized spacial score (nSPS) is 22.0. The first-order chi connectivity index (χ1) is 7.32. The van der Waals surface area contributed by atoms with Crippen LogP contribution in [0.2, 0.25) is 0 Å². The molecule has 90 valence electrons. The van der Waals surface area contributed by atoms with Crippen molar-refractivity contribution < 1.29 is 19.1 Å². The Balaban J connectivity index is 2.97. The molecule has 1 heterocycles. The van der Waals surface area contributed by atoms with Crippen molar-refractivity contribution in [1.29, 1.82) is 0 Å². The van der Waals surface area contributed by atoms with E-state index in [-0.39, 0.29) is 6.61 Å². The topological polar surface area (TPSA) is 75.7 Å². The van der Waals surface area contributed by atoms with Crippen molar-refractivity contribution in [2.75, 3.05) is 13.7 Å². The minimum absolute atomic E-state index is 0.240. The van der Waals surface area contributed by atoms with E-state index in [1.807, 2.05) is 0 Å². The van der Waals surface area contributed by atoms with E-state index in [1.165, 1.54) is 21.0 Å². The fraction of sp³-hybridized carbons (Fsp3) is 0.700. The molecule has 1 N–H and O–H groups in total. The van der Waals surface area contributed by atoms with Crippen LogP contribution in [-0.2, 0) is 14.3 Å². The summed E-state index contributed by atoms with van der Waals surface area (Å²) in [7, 11) is 1.49. The molecular formula is C10H16N2O4. The Morgan fingerprint density at radius 3 is 2.44 bits per heavy atom. The Morgan fingerprint density at radius 1 is 1.38 bits per heavy atom. The van der Waals surface area contributed by atoms with Crippen molar-refractivity contribution in [3.8, 4) is 0 Å². The molecule has 1 atom stereocenters. The third-order valence-corrected chi connectivity index (χ3v) is 2.61. The van der Waals surface area contributed by atoms with Gasteiger partial charge in [0.25, 0.3) is 0 Å². The van der Waals surface area contributed by atoms with Crippen LogP contribution in [0.5, 0.6) is 0 Å². The molecule has 1 unspecified atom stereocenters. The molecular weight excluding hydrogens is 212 g/mol. The second kappa shape index (κ2) is 4.21. The highest BCUT2D eigenvalue weighted by atomic mass is 16.5. The Labute approximate surface area is 93.9 Å². The Kier molecular flexibility index (Phi) is 3.32. The average Bonchev–Trinajstić information content (AvgIpc) is 2.16. The number of hydrogen-bond donors (Lipinski definition) is 1. The highest BCUT2D eigenvalue weighted by molar-refractivity contribution is 6.18. The van der Waals surface area contributed by atoms with E-state index in [4.69, 9.17) is 4.74 Å². The van der Waals surface area contributed by atoms with Crippen molar-refractivity contribution in [3.63, 3.8) is 0 Å². The number of amides is 4. The summed E-state index contributed by atoms with van der Waals surface area (Å²) < 4.78 is 4.89. The third-order valence-electron chi connectivity index (χ3n) is 2.61. The van der Waals surface area contributed by atoms with Crippen LogP contribution in [0.15, 0.2) is 0 Å². The monoisotopic (exact) mass is 228 g/mol. The van der Waals surface area contributed by atoms with Crippen LogP contribution in [0.4, 0.5) is 4.79 Å².